The van der Waals surface area contributed by atoms with E-state index in [1.807, 2.05) is 12.2 Å². The van der Waals surface area contributed by atoms with Crippen molar-refractivity contribution in [2.45, 2.75) is 54.4 Å². The van der Waals surface area contributed by atoms with Gasteiger partial charge >= 0.3 is 30.2 Å². The van der Waals surface area contributed by atoms with Crippen LogP contribution in [0.25, 0.3) is 11.1 Å². The Labute approximate surface area is 227 Å². The third kappa shape index (κ3) is 16.2. The molecule has 2 aliphatic rings. The van der Waals surface area contributed by atoms with Crippen LogP contribution in [0.5, 0.6) is 0 Å². The summed E-state index contributed by atoms with van der Waals surface area (Å²) in [6.07, 6.45) is 11.0. The Morgan fingerprint density at radius 3 is 1.88 bits per heavy atom. The van der Waals surface area contributed by atoms with Crippen LogP contribution in [0.4, 0.5) is 0 Å². The molecule has 0 fully saturated rings. The average Bonchev–Trinajstić information content (AvgIpc) is 3.33. The third-order valence-corrected chi connectivity index (χ3v) is 3.68. The van der Waals surface area contributed by atoms with Crippen LogP contribution in [0.3, 0.4) is 0 Å². The Morgan fingerprint density at radius 2 is 1.44 bits per heavy atom. The molecule has 0 atom stereocenters. The zero-order valence-corrected chi connectivity index (χ0v) is 25.5. The predicted molar refractivity (Wildman–Crippen MR) is 145 cm³/mol. The summed E-state index contributed by atoms with van der Waals surface area (Å²) in [6.45, 7) is 22.8. The van der Waals surface area contributed by atoms with Crippen LogP contribution in [-0.4, -0.2) is 6.88 Å². The van der Waals surface area contributed by atoms with E-state index in [2.05, 4.69) is 111 Å². The van der Waals surface area contributed by atoms with Gasteiger partial charge < -0.3 is 13.8 Å². The molecule has 0 unspecified atom stereocenters. The van der Waals surface area contributed by atoms with Crippen LogP contribution in [-0.2, 0) is 29.8 Å². The van der Waals surface area contributed by atoms with Crippen molar-refractivity contribution < 1.29 is 23.3 Å². The molecule has 0 bridgehead atoms. The van der Waals surface area contributed by atoms with Crippen molar-refractivity contribution in [1.29, 1.82) is 0 Å². The Balaban J connectivity index is -0.000000416. The van der Waals surface area contributed by atoms with E-state index in [-0.39, 0.29) is 24.8 Å². The van der Waals surface area contributed by atoms with E-state index >= 15 is 0 Å². The summed E-state index contributed by atoms with van der Waals surface area (Å²) in [5, 5.41) is 0. The van der Waals surface area contributed by atoms with Gasteiger partial charge in [0, 0.05) is 0 Å². The summed E-state index contributed by atoms with van der Waals surface area (Å²) < 4.78 is 0. The van der Waals surface area contributed by atoms with Gasteiger partial charge in [0.25, 0.3) is 0 Å². The molecule has 0 heterocycles. The molecule has 2 aliphatic carbocycles. The molecule has 0 N–H and O–H groups in total. The van der Waals surface area contributed by atoms with Crippen LogP contribution in [0.15, 0.2) is 48.6 Å². The molecular weight excluding hydrogens is 527 g/mol. The van der Waals surface area contributed by atoms with Crippen LogP contribution in [0.2, 0.25) is 0 Å². The first-order valence-corrected chi connectivity index (χ1v) is 14.6. The monoisotopic (exact) mass is 562 g/mol. The van der Waals surface area contributed by atoms with Crippen molar-refractivity contribution in [2.75, 3.05) is 0 Å². The number of fused-ring (bicyclic) bond motifs is 3. The maximum absolute atomic E-state index is 3.64. The van der Waals surface area contributed by atoms with Crippen molar-refractivity contribution in [2.24, 2.45) is 11.8 Å². The molecule has 2 radical (unpaired) electrons. The maximum atomic E-state index is 3.64. The molecule has 0 saturated heterocycles. The van der Waals surface area contributed by atoms with Crippen molar-refractivity contribution in [3.63, 3.8) is 0 Å². The molecule has 32 heavy (non-hydrogen) atoms. The fraction of sp³-hybridized carbons (Fsp3) is 0.357. The van der Waals surface area contributed by atoms with Gasteiger partial charge in [0.1, 0.15) is 0 Å². The van der Waals surface area contributed by atoms with E-state index < -0.39 is 0 Å². The SMILES string of the molecule is Cc1[c-]c2c(cc1)-c1ccc(C)cc1C2.Cl.Cl.[C-]1=CC=CC1.[CH2-]C(C)C.[CH2-]C(C)C.[Si]=[Zr]. The molecule has 0 aromatic heterocycles. The molecule has 4 rings (SSSR count). The van der Waals surface area contributed by atoms with E-state index in [0.717, 1.165) is 12.8 Å². The molecule has 0 amide bonds. The van der Waals surface area contributed by atoms with Gasteiger partial charge in [0.05, 0.1) is 0 Å². The van der Waals surface area contributed by atoms with Crippen molar-refractivity contribution in [3.05, 3.63) is 96.8 Å². The number of aryl methyl sites for hydroxylation is 2. The number of benzene rings is 2. The molecule has 4 heteroatoms. The van der Waals surface area contributed by atoms with Gasteiger partial charge in [-0.3, -0.25) is 6.08 Å². The first-order valence-electron chi connectivity index (χ1n) is 10.4. The second kappa shape index (κ2) is 21.2. The van der Waals surface area contributed by atoms with Crippen LogP contribution in [0, 0.1) is 51.7 Å². The summed E-state index contributed by atoms with van der Waals surface area (Å²) in [6, 6.07) is 14.5. The minimum atomic E-state index is 0. The van der Waals surface area contributed by atoms with Crippen LogP contribution < -0.4 is 0 Å². The summed E-state index contributed by atoms with van der Waals surface area (Å²) in [5.41, 5.74) is 8.15. The van der Waals surface area contributed by atoms with Gasteiger partial charge in [0.2, 0.25) is 0 Å². The zero-order valence-electron chi connectivity index (χ0n) is 20.4. The second-order valence-electron chi connectivity index (χ2n) is 8.16. The van der Waals surface area contributed by atoms with Crippen LogP contribution >= 0.6 is 24.8 Å². The van der Waals surface area contributed by atoms with Gasteiger partial charge in [-0.2, -0.15) is 41.7 Å². The molecular formula is C28H38Cl2SiZr-4. The van der Waals surface area contributed by atoms with E-state index in [1.54, 1.807) is 0 Å². The quantitative estimate of drug-likeness (QED) is 0.190. The number of halogens is 2. The normalized spacial score (nSPS) is 10.9. The summed E-state index contributed by atoms with van der Waals surface area (Å²) in [5.74, 6) is 1.17. The Hall–Kier alpha value is -0.400. The number of allylic oxidation sites excluding steroid dienone is 4. The minimum absolute atomic E-state index is 0. The van der Waals surface area contributed by atoms with Gasteiger partial charge in [-0.25, -0.2) is 12.2 Å². The van der Waals surface area contributed by atoms with E-state index in [0.29, 0.717) is 11.8 Å². The zero-order chi connectivity index (χ0) is 23.1. The fourth-order valence-electron chi connectivity index (χ4n) is 2.71. The first kappa shape index (κ1) is 36.2. The van der Waals surface area contributed by atoms with Gasteiger partial charge in [0.15, 0.2) is 0 Å². The summed E-state index contributed by atoms with van der Waals surface area (Å²) in [4.78, 5) is 0. The third-order valence-electron chi connectivity index (χ3n) is 3.68. The number of hydrogen-bond acceptors (Lipinski definition) is 0. The molecule has 0 aliphatic heterocycles. The Bertz CT molecular complexity index is 740. The molecule has 0 nitrogen and oxygen atoms in total. The average molecular weight is 565 g/mol. The standard InChI is InChI=1S/C15H13.C5H5.2C4H9.2ClH.Si.Zr/c1-10-3-5-14-12(7-10)9-13-8-11(2)4-6-15(13)14;1-2-4-5-3-1;2*1-4(2)3;;;;/h3-7H,9H2,1-2H3;1-3H,4H2;2*4H,1H2,2-3H3;2*1H;;/q4*-1;;;;. The van der Waals surface area contributed by atoms with Crippen LogP contribution in [0.1, 0.15) is 56.4 Å². The predicted octanol–water partition coefficient (Wildman–Crippen LogP) is 8.39. The summed E-state index contributed by atoms with van der Waals surface area (Å²) in [7, 11) is 0. The van der Waals surface area contributed by atoms with Crippen molar-refractivity contribution in [3.8, 4) is 11.1 Å². The number of hydrogen-bond donors (Lipinski definition) is 0. The second-order valence-corrected chi connectivity index (χ2v) is 8.16. The topological polar surface area (TPSA) is 0 Å². The molecule has 0 spiro atoms. The van der Waals surface area contributed by atoms with Gasteiger partial charge in [-0.15, -0.1) is 42.4 Å². The van der Waals surface area contributed by atoms with Crippen molar-refractivity contribution >= 4 is 31.7 Å². The molecule has 2 aromatic carbocycles. The first-order chi connectivity index (χ1) is 14.2. The Kier molecular flexibility index (Phi) is 23.9. The summed E-state index contributed by atoms with van der Waals surface area (Å²) >= 11 is 1.36. The molecule has 2 aromatic rings. The van der Waals surface area contributed by atoms with Gasteiger partial charge in [-0.05, 0) is 18.9 Å². The molecule has 176 valence electrons. The van der Waals surface area contributed by atoms with E-state index in [4.69, 9.17) is 0 Å². The fourth-order valence-corrected chi connectivity index (χ4v) is 2.71. The number of rotatable bonds is 0. The van der Waals surface area contributed by atoms with Crippen molar-refractivity contribution in [1.82, 2.24) is 0 Å². The van der Waals surface area contributed by atoms with E-state index in [9.17, 15) is 0 Å². The molecule has 0 saturated carbocycles. The Morgan fingerprint density at radius 1 is 0.906 bits per heavy atom. The van der Waals surface area contributed by atoms with Gasteiger partial charge in [-0.1, -0.05) is 63.9 Å². The van der Waals surface area contributed by atoms with E-state index in [1.165, 1.54) is 56.7 Å².